The average Bonchev–Trinajstić information content (AvgIpc) is 2.25. The van der Waals surface area contributed by atoms with Crippen LogP contribution in [0, 0.1) is 6.92 Å². The molecule has 0 spiro atoms. The molecule has 20 heavy (non-hydrogen) atoms. The van der Waals surface area contributed by atoms with Gasteiger partial charge in [0.05, 0.1) is 6.54 Å². The molecule has 0 aromatic heterocycles. The SMILES string of the molecule is Cc1ccc(CN(S(=O)(=O)N(C)C)S(=O)(F)(Cl)Cl)cc1. The lowest BCUT2D eigenvalue weighted by atomic mass is 10.2. The van der Waals surface area contributed by atoms with Crippen molar-refractivity contribution in [1.82, 2.24) is 8.02 Å². The van der Waals surface area contributed by atoms with Crippen LogP contribution in [0.2, 0.25) is 0 Å². The highest BCUT2D eigenvalue weighted by Gasteiger charge is 2.47. The van der Waals surface area contributed by atoms with Gasteiger partial charge in [0.15, 0.2) is 0 Å². The highest BCUT2D eigenvalue weighted by molar-refractivity contribution is 8.51. The third-order valence-corrected chi connectivity index (χ3v) is 7.64. The average molecular weight is 365 g/mol. The largest absolute Gasteiger partial charge is 0.295 e. The minimum absolute atomic E-state index is 0.0437. The highest BCUT2D eigenvalue weighted by Crippen LogP contribution is 2.45. The molecule has 5 nitrogen and oxygen atoms in total. The topological polar surface area (TPSA) is 57.7 Å². The van der Waals surface area contributed by atoms with Gasteiger partial charge in [0.2, 0.25) is 8.06 Å². The van der Waals surface area contributed by atoms with Crippen molar-refractivity contribution < 1.29 is 16.5 Å². The van der Waals surface area contributed by atoms with Crippen LogP contribution in [0.5, 0.6) is 0 Å². The summed E-state index contributed by atoms with van der Waals surface area (Å²) in [4.78, 5) is 0. The van der Waals surface area contributed by atoms with Crippen LogP contribution in [0.3, 0.4) is 0 Å². The first-order valence-corrected chi connectivity index (χ1v) is 10.3. The summed E-state index contributed by atoms with van der Waals surface area (Å²) in [6.45, 7) is 1.29. The van der Waals surface area contributed by atoms with Crippen LogP contribution in [-0.4, -0.2) is 34.7 Å². The standard InChI is InChI=1S/C10H15Cl2FN2O3S2/c1-9-4-6-10(7-5-9)8-15(20(11,12,13)18)19(16,17)14(2)3/h4-7H,8H2,1-3H3. The maximum Gasteiger partial charge on any atom is 0.295 e. The van der Waals surface area contributed by atoms with Gasteiger partial charge < -0.3 is 0 Å². The minimum Gasteiger partial charge on any atom is -0.206 e. The van der Waals surface area contributed by atoms with Gasteiger partial charge in [0.1, 0.15) is 0 Å². The first kappa shape index (κ1) is 17.8. The number of benzene rings is 1. The monoisotopic (exact) mass is 364 g/mol. The molecule has 0 saturated heterocycles. The molecule has 0 fully saturated rings. The summed E-state index contributed by atoms with van der Waals surface area (Å²) in [5.74, 6) is 0. The van der Waals surface area contributed by atoms with Crippen molar-refractivity contribution in [3.63, 3.8) is 0 Å². The van der Waals surface area contributed by atoms with Crippen molar-refractivity contribution in [3.8, 4) is 0 Å². The van der Waals surface area contributed by atoms with Crippen molar-refractivity contribution in [2.24, 2.45) is 0 Å². The first-order chi connectivity index (χ1) is 8.81. The zero-order valence-electron chi connectivity index (χ0n) is 11.1. The summed E-state index contributed by atoms with van der Waals surface area (Å²) in [6.07, 6.45) is 0. The fourth-order valence-corrected chi connectivity index (χ4v) is 5.51. The van der Waals surface area contributed by atoms with Crippen molar-refractivity contribution in [2.75, 3.05) is 14.1 Å². The third kappa shape index (κ3) is 4.37. The molecule has 0 unspecified atom stereocenters. The van der Waals surface area contributed by atoms with E-state index in [-0.39, 0.29) is 3.71 Å². The van der Waals surface area contributed by atoms with E-state index in [1.807, 2.05) is 6.92 Å². The Morgan fingerprint density at radius 3 is 2.00 bits per heavy atom. The summed E-state index contributed by atoms with van der Waals surface area (Å²) < 4.78 is 50.3. The van der Waals surface area contributed by atoms with E-state index in [2.05, 4.69) is 0 Å². The molecule has 10 heteroatoms. The molecule has 0 N–H and O–H groups in total. The molecule has 0 heterocycles. The van der Waals surface area contributed by atoms with Gasteiger partial charge in [-0.2, -0.15) is 12.7 Å². The van der Waals surface area contributed by atoms with Gasteiger partial charge in [-0.25, -0.2) is 4.21 Å². The molecular formula is C10H15Cl2FN2O3S2. The van der Waals surface area contributed by atoms with Crippen LogP contribution in [0.4, 0.5) is 3.89 Å². The Labute approximate surface area is 127 Å². The molecule has 0 aliphatic heterocycles. The van der Waals surface area contributed by atoms with Gasteiger partial charge in [0.25, 0.3) is 10.2 Å². The van der Waals surface area contributed by atoms with Gasteiger partial charge in [-0.15, -0.1) is 3.89 Å². The Hall–Kier alpha value is -0.250. The quantitative estimate of drug-likeness (QED) is 0.754. The van der Waals surface area contributed by atoms with Crippen LogP contribution >= 0.6 is 21.4 Å². The number of hydrogen-bond donors (Lipinski definition) is 0. The lowest BCUT2D eigenvalue weighted by Gasteiger charge is -2.33. The molecule has 0 amide bonds. The number of nitrogens with zero attached hydrogens (tertiary/aromatic N) is 2. The molecule has 1 aromatic rings. The number of halogens is 3. The molecule has 0 aliphatic carbocycles. The Morgan fingerprint density at radius 1 is 1.20 bits per heavy atom. The molecule has 0 saturated carbocycles. The fraction of sp³-hybridized carbons (Fsp3) is 0.400. The highest BCUT2D eigenvalue weighted by atomic mass is 36.0. The van der Waals surface area contributed by atoms with Crippen LogP contribution in [-0.2, 0) is 24.8 Å². The van der Waals surface area contributed by atoms with E-state index in [4.69, 9.17) is 21.4 Å². The maximum atomic E-state index is 14.0. The zero-order valence-corrected chi connectivity index (χ0v) is 14.2. The second-order valence-corrected chi connectivity index (χ2v) is 12.1. The lowest BCUT2D eigenvalue weighted by Crippen LogP contribution is -2.47. The molecule has 0 aliphatic rings. The fourth-order valence-electron chi connectivity index (χ4n) is 1.35. The van der Waals surface area contributed by atoms with E-state index >= 15 is 0 Å². The van der Waals surface area contributed by atoms with Gasteiger partial charge in [-0.1, -0.05) is 33.5 Å². The second kappa shape index (κ2) is 5.51. The summed E-state index contributed by atoms with van der Waals surface area (Å²) in [6, 6.07) is 6.54. The Kier molecular flexibility index (Phi) is 4.90. The smallest absolute Gasteiger partial charge is 0.206 e. The summed E-state index contributed by atoms with van der Waals surface area (Å²) in [5.41, 5.74) is 1.34. The van der Waals surface area contributed by atoms with Crippen molar-refractivity contribution >= 4 is 39.6 Å². The van der Waals surface area contributed by atoms with Crippen LogP contribution < -0.4 is 0 Å². The Morgan fingerprint density at radius 2 is 1.65 bits per heavy atom. The van der Waals surface area contributed by atoms with E-state index < -0.39 is 24.8 Å². The summed E-state index contributed by atoms with van der Waals surface area (Å²) >= 11 is 0. The predicted molar refractivity (Wildman–Crippen MR) is 80.3 cm³/mol. The van der Waals surface area contributed by atoms with E-state index in [0.29, 0.717) is 9.87 Å². The summed E-state index contributed by atoms with van der Waals surface area (Å²) in [7, 11) is 2.19. The number of aryl methyl sites for hydroxylation is 1. The normalized spacial score (nSPS) is 15.3. The maximum absolute atomic E-state index is 14.0. The molecule has 116 valence electrons. The molecule has 0 atom stereocenters. The van der Waals surface area contributed by atoms with Gasteiger partial charge in [0, 0.05) is 35.5 Å². The molecule has 0 bridgehead atoms. The van der Waals surface area contributed by atoms with Crippen molar-refractivity contribution in [3.05, 3.63) is 35.4 Å². The van der Waals surface area contributed by atoms with Gasteiger partial charge >= 0.3 is 0 Å². The van der Waals surface area contributed by atoms with E-state index in [1.54, 1.807) is 24.3 Å². The van der Waals surface area contributed by atoms with E-state index in [1.165, 1.54) is 0 Å². The number of rotatable bonds is 5. The molecule has 1 aromatic carbocycles. The van der Waals surface area contributed by atoms with E-state index in [9.17, 15) is 16.5 Å². The minimum atomic E-state index is -5.99. The second-order valence-electron chi connectivity index (χ2n) is 4.38. The Bertz CT molecular complexity index is 645. The molecule has 0 radical (unpaired) electrons. The van der Waals surface area contributed by atoms with Gasteiger partial charge in [-0.05, 0) is 12.5 Å². The zero-order chi connectivity index (χ0) is 15.8. The third-order valence-electron chi connectivity index (χ3n) is 2.47. The van der Waals surface area contributed by atoms with Crippen molar-refractivity contribution in [2.45, 2.75) is 13.5 Å². The predicted octanol–water partition coefficient (Wildman–Crippen LogP) is 2.53. The molecule has 1 rings (SSSR count). The van der Waals surface area contributed by atoms with E-state index in [0.717, 1.165) is 19.7 Å². The van der Waals surface area contributed by atoms with Crippen LogP contribution in [0.1, 0.15) is 11.1 Å². The number of hydrogen-bond acceptors (Lipinski definition) is 3. The van der Waals surface area contributed by atoms with Gasteiger partial charge in [-0.3, -0.25) is 0 Å². The molecular weight excluding hydrogens is 350 g/mol. The summed E-state index contributed by atoms with van der Waals surface area (Å²) in [5, 5.41) is 0. The van der Waals surface area contributed by atoms with Crippen LogP contribution in [0.25, 0.3) is 0 Å². The lowest BCUT2D eigenvalue weighted by molar-refractivity contribution is 0.449. The van der Waals surface area contributed by atoms with Crippen LogP contribution in [0.15, 0.2) is 24.3 Å². The Balaban J connectivity index is 3.28. The van der Waals surface area contributed by atoms with Crippen molar-refractivity contribution in [1.29, 1.82) is 0 Å². The first-order valence-electron chi connectivity index (χ1n) is 5.40.